The SMILES string of the molecule is CC(=O)Nc1ccc(/C=C2/CCc3[nH]c4ccc(F)cc4c3C2=O)cc1. The third-order valence-corrected chi connectivity index (χ3v) is 4.57. The highest BCUT2D eigenvalue weighted by Crippen LogP contribution is 2.32. The van der Waals surface area contributed by atoms with Crippen molar-refractivity contribution in [3.63, 3.8) is 0 Å². The highest BCUT2D eigenvalue weighted by Gasteiger charge is 2.26. The van der Waals surface area contributed by atoms with E-state index in [0.29, 0.717) is 35.1 Å². The van der Waals surface area contributed by atoms with E-state index >= 15 is 0 Å². The van der Waals surface area contributed by atoms with Gasteiger partial charge in [0.05, 0.1) is 5.56 Å². The largest absolute Gasteiger partial charge is 0.358 e. The summed E-state index contributed by atoms with van der Waals surface area (Å²) in [4.78, 5) is 27.3. The summed E-state index contributed by atoms with van der Waals surface area (Å²) in [6, 6.07) is 11.8. The average Bonchev–Trinajstić information content (AvgIpc) is 2.97. The third-order valence-electron chi connectivity index (χ3n) is 4.57. The van der Waals surface area contributed by atoms with Crippen LogP contribution in [0.5, 0.6) is 0 Å². The third kappa shape index (κ3) is 2.92. The Kier molecular flexibility index (Phi) is 3.92. The van der Waals surface area contributed by atoms with E-state index in [0.717, 1.165) is 16.8 Å². The van der Waals surface area contributed by atoms with Crippen molar-refractivity contribution in [1.29, 1.82) is 0 Å². The second-order valence-electron chi connectivity index (χ2n) is 6.47. The molecule has 4 rings (SSSR count). The number of carbonyl (C=O) groups is 2. The van der Waals surface area contributed by atoms with Gasteiger partial charge in [0.25, 0.3) is 0 Å². The molecule has 2 aromatic carbocycles. The van der Waals surface area contributed by atoms with E-state index in [2.05, 4.69) is 10.3 Å². The number of nitrogens with one attached hydrogen (secondary N) is 2. The number of aryl methyl sites for hydroxylation is 1. The molecule has 0 unspecified atom stereocenters. The highest BCUT2D eigenvalue weighted by atomic mass is 19.1. The number of allylic oxidation sites excluding steroid dienone is 1. The quantitative estimate of drug-likeness (QED) is 0.671. The molecular formula is C21H17FN2O2. The number of rotatable bonds is 2. The van der Waals surface area contributed by atoms with Crippen LogP contribution in [0.1, 0.15) is 35.0 Å². The molecule has 0 saturated heterocycles. The summed E-state index contributed by atoms with van der Waals surface area (Å²) in [5.74, 6) is -0.538. The molecule has 1 aliphatic rings. The Hall–Kier alpha value is -3.21. The van der Waals surface area contributed by atoms with Crippen molar-refractivity contribution in [2.24, 2.45) is 0 Å². The molecule has 5 heteroatoms. The first kappa shape index (κ1) is 16.3. The Morgan fingerprint density at radius 3 is 2.65 bits per heavy atom. The molecule has 0 fully saturated rings. The normalized spacial score (nSPS) is 15.3. The zero-order valence-corrected chi connectivity index (χ0v) is 14.2. The van der Waals surface area contributed by atoms with Crippen LogP contribution in [0, 0.1) is 5.82 Å². The van der Waals surface area contributed by atoms with Gasteiger partial charge in [-0.2, -0.15) is 0 Å². The number of aromatic amines is 1. The van der Waals surface area contributed by atoms with E-state index in [1.54, 1.807) is 18.2 Å². The number of aromatic nitrogens is 1. The van der Waals surface area contributed by atoms with Gasteiger partial charge in [-0.25, -0.2) is 4.39 Å². The summed E-state index contributed by atoms with van der Waals surface area (Å²) >= 11 is 0. The lowest BCUT2D eigenvalue weighted by molar-refractivity contribution is -0.114. The smallest absolute Gasteiger partial charge is 0.221 e. The first-order valence-electron chi connectivity index (χ1n) is 8.44. The van der Waals surface area contributed by atoms with Crippen LogP contribution in [-0.2, 0) is 11.2 Å². The van der Waals surface area contributed by atoms with Crippen molar-refractivity contribution in [3.05, 3.63) is 70.7 Å². The van der Waals surface area contributed by atoms with Crippen LogP contribution in [0.25, 0.3) is 17.0 Å². The van der Waals surface area contributed by atoms with Crippen molar-refractivity contribution in [3.8, 4) is 0 Å². The Balaban J connectivity index is 1.68. The van der Waals surface area contributed by atoms with Gasteiger partial charge in [0.2, 0.25) is 5.91 Å². The number of hydrogen-bond donors (Lipinski definition) is 2. The first-order valence-corrected chi connectivity index (χ1v) is 8.44. The Morgan fingerprint density at radius 1 is 1.15 bits per heavy atom. The fraction of sp³-hybridized carbons (Fsp3) is 0.143. The van der Waals surface area contributed by atoms with E-state index in [1.165, 1.54) is 19.1 Å². The lowest BCUT2D eigenvalue weighted by Gasteiger charge is -2.14. The number of carbonyl (C=O) groups excluding carboxylic acids is 2. The van der Waals surface area contributed by atoms with E-state index in [-0.39, 0.29) is 17.5 Å². The van der Waals surface area contributed by atoms with Gasteiger partial charge < -0.3 is 10.3 Å². The minimum atomic E-state index is -0.350. The summed E-state index contributed by atoms with van der Waals surface area (Å²) in [7, 11) is 0. The average molecular weight is 348 g/mol. The number of ketones is 1. The van der Waals surface area contributed by atoms with Gasteiger partial charge in [-0.15, -0.1) is 0 Å². The number of halogens is 1. The zero-order chi connectivity index (χ0) is 18.3. The molecule has 2 N–H and O–H groups in total. The molecule has 0 atom stereocenters. The van der Waals surface area contributed by atoms with Gasteiger partial charge in [-0.05, 0) is 54.8 Å². The molecule has 0 bridgehead atoms. The summed E-state index contributed by atoms with van der Waals surface area (Å²) in [5.41, 5.74) is 4.53. The molecule has 0 aliphatic heterocycles. The second kappa shape index (κ2) is 6.26. The Labute approximate surface area is 149 Å². The number of amides is 1. The molecule has 26 heavy (non-hydrogen) atoms. The topological polar surface area (TPSA) is 62.0 Å². The number of hydrogen-bond acceptors (Lipinski definition) is 2. The lowest BCUT2D eigenvalue weighted by atomic mass is 9.88. The zero-order valence-electron chi connectivity index (χ0n) is 14.2. The predicted octanol–water partition coefficient (Wildman–Crippen LogP) is 4.48. The lowest BCUT2D eigenvalue weighted by Crippen LogP contribution is -2.13. The van der Waals surface area contributed by atoms with Crippen molar-refractivity contribution in [2.75, 3.05) is 5.32 Å². The van der Waals surface area contributed by atoms with Crippen molar-refractivity contribution >= 4 is 34.4 Å². The maximum Gasteiger partial charge on any atom is 0.221 e. The van der Waals surface area contributed by atoms with Gasteiger partial charge >= 0.3 is 0 Å². The van der Waals surface area contributed by atoms with E-state index in [4.69, 9.17) is 0 Å². The maximum absolute atomic E-state index is 13.6. The fourth-order valence-electron chi connectivity index (χ4n) is 3.41. The van der Waals surface area contributed by atoms with Crippen LogP contribution in [-0.4, -0.2) is 16.7 Å². The van der Waals surface area contributed by atoms with Crippen LogP contribution in [0.4, 0.5) is 10.1 Å². The minimum absolute atomic E-state index is 0.0611. The molecule has 1 aromatic heterocycles. The second-order valence-corrected chi connectivity index (χ2v) is 6.47. The molecule has 4 nitrogen and oxygen atoms in total. The van der Waals surface area contributed by atoms with Gasteiger partial charge in [0, 0.05) is 34.8 Å². The van der Waals surface area contributed by atoms with Crippen LogP contribution in [0.15, 0.2) is 48.0 Å². The first-order chi connectivity index (χ1) is 12.5. The Bertz CT molecular complexity index is 1060. The summed E-state index contributed by atoms with van der Waals surface area (Å²) in [6.07, 6.45) is 3.21. The van der Waals surface area contributed by atoms with E-state index in [1.807, 2.05) is 18.2 Å². The molecular weight excluding hydrogens is 331 g/mol. The Morgan fingerprint density at radius 2 is 1.92 bits per heavy atom. The monoisotopic (exact) mass is 348 g/mol. The molecule has 0 saturated carbocycles. The van der Waals surface area contributed by atoms with Gasteiger partial charge in [0.1, 0.15) is 5.82 Å². The van der Waals surface area contributed by atoms with Crippen LogP contribution >= 0.6 is 0 Å². The number of anilines is 1. The number of fused-ring (bicyclic) bond motifs is 3. The minimum Gasteiger partial charge on any atom is -0.358 e. The van der Waals surface area contributed by atoms with Crippen LogP contribution < -0.4 is 5.32 Å². The van der Waals surface area contributed by atoms with E-state index in [9.17, 15) is 14.0 Å². The highest BCUT2D eigenvalue weighted by molar-refractivity contribution is 6.19. The van der Waals surface area contributed by atoms with Crippen LogP contribution in [0.3, 0.4) is 0 Å². The number of benzene rings is 2. The van der Waals surface area contributed by atoms with Gasteiger partial charge in [0.15, 0.2) is 5.78 Å². The van der Waals surface area contributed by atoms with Gasteiger partial charge in [-0.3, -0.25) is 9.59 Å². The summed E-state index contributed by atoms with van der Waals surface area (Å²) in [5, 5.41) is 3.35. The number of H-pyrrole nitrogens is 1. The molecule has 1 aliphatic carbocycles. The van der Waals surface area contributed by atoms with Crippen molar-refractivity contribution in [1.82, 2.24) is 4.98 Å². The molecule has 130 valence electrons. The van der Waals surface area contributed by atoms with Gasteiger partial charge in [-0.1, -0.05) is 12.1 Å². The van der Waals surface area contributed by atoms with Crippen molar-refractivity contribution in [2.45, 2.75) is 19.8 Å². The molecule has 3 aromatic rings. The fourth-order valence-corrected chi connectivity index (χ4v) is 3.41. The predicted molar refractivity (Wildman–Crippen MR) is 99.6 cm³/mol. The molecule has 0 radical (unpaired) electrons. The number of Topliss-reactive ketones (excluding diaryl/α,β-unsaturated/α-hetero) is 1. The summed E-state index contributed by atoms with van der Waals surface area (Å²) < 4.78 is 13.6. The standard InChI is InChI=1S/C21H17FN2O2/c1-12(25)23-16-6-2-13(3-7-16)10-14-4-8-19-20(21(14)26)17-11-15(22)5-9-18(17)24-19/h2-3,5-7,9-11,24H,4,8H2,1H3,(H,23,25)/b14-10-. The van der Waals surface area contributed by atoms with Crippen molar-refractivity contribution < 1.29 is 14.0 Å². The molecule has 0 spiro atoms. The molecule has 1 amide bonds. The van der Waals surface area contributed by atoms with E-state index < -0.39 is 0 Å². The molecule has 1 heterocycles. The maximum atomic E-state index is 13.6. The summed E-state index contributed by atoms with van der Waals surface area (Å²) in [6.45, 7) is 1.46. The van der Waals surface area contributed by atoms with Crippen LogP contribution in [0.2, 0.25) is 0 Å².